The zero-order chi connectivity index (χ0) is 20.2. The minimum absolute atomic E-state index is 0.0178. The highest BCUT2D eigenvalue weighted by molar-refractivity contribution is 5.95. The quantitative estimate of drug-likeness (QED) is 0.521. The maximum Gasteiger partial charge on any atom is 0.405 e. The zero-order valence-corrected chi connectivity index (χ0v) is 14.9. The van der Waals surface area contributed by atoms with Crippen LogP contribution in [-0.2, 0) is 0 Å². The molecule has 1 aromatic rings. The minimum atomic E-state index is -4.45. The van der Waals surface area contributed by atoms with Crippen LogP contribution in [0.5, 0.6) is 0 Å². The third-order valence-corrected chi connectivity index (χ3v) is 3.80. The molecular weight excluding hydrogens is 359 g/mol. The number of aromatic nitrogens is 1. The number of Topliss-reactive ketones (excluding diaryl/α,β-unsaturated/α-hetero) is 1. The number of ketones is 1. The Morgan fingerprint density at radius 3 is 2.74 bits per heavy atom. The number of pyridine rings is 1. The van der Waals surface area contributed by atoms with E-state index in [2.05, 4.69) is 10.3 Å². The molecule has 1 aromatic heterocycles. The standard InChI is InChI=1S/C18H20F3N5O/c1-11-4-3-5-26(9-11)16(7-22)17(23)13-8-24-14(12(2)27)6-15(13)25-10-18(19,20)21/h3-4,6-9,22H,5,10,23H2,1-2H3,(H,24,25). The molecule has 2 rings (SSSR count). The maximum atomic E-state index is 12.6. The predicted octanol–water partition coefficient (Wildman–Crippen LogP) is 3.31. The van der Waals surface area contributed by atoms with E-state index in [0.29, 0.717) is 12.2 Å². The molecule has 9 heteroatoms. The van der Waals surface area contributed by atoms with Crippen LogP contribution in [0.3, 0.4) is 0 Å². The van der Waals surface area contributed by atoms with Crippen LogP contribution in [0.4, 0.5) is 18.9 Å². The Morgan fingerprint density at radius 2 is 2.19 bits per heavy atom. The molecule has 144 valence electrons. The molecule has 0 spiro atoms. The number of anilines is 1. The Morgan fingerprint density at radius 1 is 1.48 bits per heavy atom. The molecule has 0 fully saturated rings. The van der Waals surface area contributed by atoms with Gasteiger partial charge in [0.05, 0.1) is 11.4 Å². The third kappa shape index (κ3) is 5.19. The topological polar surface area (TPSA) is 95.1 Å². The second-order valence-corrected chi connectivity index (χ2v) is 6.01. The largest absolute Gasteiger partial charge is 0.405 e. The van der Waals surface area contributed by atoms with Gasteiger partial charge in [0.1, 0.15) is 12.2 Å². The first-order valence-electron chi connectivity index (χ1n) is 8.06. The van der Waals surface area contributed by atoms with Gasteiger partial charge in [-0.3, -0.25) is 9.78 Å². The van der Waals surface area contributed by atoms with Crippen molar-refractivity contribution >= 4 is 23.4 Å². The number of nitrogens with one attached hydrogen (secondary N) is 2. The van der Waals surface area contributed by atoms with E-state index < -0.39 is 12.7 Å². The Labute approximate surface area is 154 Å². The van der Waals surface area contributed by atoms with Gasteiger partial charge in [0.25, 0.3) is 0 Å². The smallest absolute Gasteiger partial charge is 0.396 e. The molecule has 1 aliphatic heterocycles. The van der Waals surface area contributed by atoms with Gasteiger partial charge in [0.15, 0.2) is 5.78 Å². The number of hydrogen-bond donors (Lipinski definition) is 3. The van der Waals surface area contributed by atoms with Gasteiger partial charge < -0.3 is 21.4 Å². The molecule has 0 aliphatic carbocycles. The molecule has 0 radical (unpaired) electrons. The molecule has 1 aliphatic rings. The molecule has 0 bridgehead atoms. The van der Waals surface area contributed by atoms with Crippen LogP contribution in [0.15, 0.2) is 41.9 Å². The monoisotopic (exact) mass is 379 g/mol. The Balaban J connectivity index is 2.51. The highest BCUT2D eigenvalue weighted by Crippen LogP contribution is 2.27. The van der Waals surface area contributed by atoms with E-state index in [1.165, 1.54) is 19.2 Å². The third-order valence-electron chi connectivity index (χ3n) is 3.80. The van der Waals surface area contributed by atoms with Crippen molar-refractivity contribution in [1.82, 2.24) is 9.88 Å². The van der Waals surface area contributed by atoms with E-state index in [4.69, 9.17) is 11.1 Å². The summed E-state index contributed by atoms with van der Waals surface area (Å²) in [6, 6.07) is 1.23. The van der Waals surface area contributed by atoms with Crippen molar-refractivity contribution in [1.29, 1.82) is 5.41 Å². The number of alkyl halides is 3. The predicted molar refractivity (Wildman–Crippen MR) is 98.3 cm³/mol. The molecule has 0 saturated carbocycles. The van der Waals surface area contributed by atoms with Crippen LogP contribution in [0.2, 0.25) is 0 Å². The number of hydrogen-bond acceptors (Lipinski definition) is 6. The van der Waals surface area contributed by atoms with Gasteiger partial charge in [-0.2, -0.15) is 13.2 Å². The fraction of sp³-hybridized carbons (Fsp3) is 0.278. The summed E-state index contributed by atoms with van der Waals surface area (Å²) in [5, 5.41) is 9.96. The summed E-state index contributed by atoms with van der Waals surface area (Å²) in [6.45, 7) is 2.32. The first-order chi connectivity index (χ1) is 12.6. The fourth-order valence-electron chi connectivity index (χ4n) is 2.52. The summed E-state index contributed by atoms with van der Waals surface area (Å²) in [7, 11) is 0. The number of halogens is 3. The van der Waals surface area contributed by atoms with Crippen LogP contribution in [-0.4, -0.2) is 41.1 Å². The lowest BCUT2D eigenvalue weighted by Gasteiger charge is -2.25. The van der Waals surface area contributed by atoms with E-state index in [1.54, 1.807) is 11.1 Å². The zero-order valence-electron chi connectivity index (χ0n) is 14.9. The summed E-state index contributed by atoms with van der Waals surface area (Å²) in [5.74, 6) is -0.383. The Bertz CT molecular complexity index is 840. The molecule has 0 amide bonds. The summed E-state index contributed by atoms with van der Waals surface area (Å²) in [5.41, 5.74) is 7.74. The average molecular weight is 379 g/mol. The van der Waals surface area contributed by atoms with Crippen molar-refractivity contribution in [2.24, 2.45) is 5.73 Å². The van der Waals surface area contributed by atoms with Crippen LogP contribution >= 0.6 is 0 Å². The Hall–Kier alpha value is -3.10. The molecule has 6 nitrogen and oxygen atoms in total. The van der Waals surface area contributed by atoms with Crippen LogP contribution in [0.25, 0.3) is 5.70 Å². The van der Waals surface area contributed by atoms with Crippen molar-refractivity contribution in [3.05, 3.63) is 53.1 Å². The van der Waals surface area contributed by atoms with Gasteiger partial charge in [-0.05, 0) is 18.6 Å². The lowest BCUT2D eigenvalue weighted by atomic mass is 10.1. The highest BCUT2D eigenvalue weighted by Gasteiger charge is 2.27. The maximum absolute atomic E-state index is 12.6. The summed E-state index contributed by atoms with van der Waals surface area (Å²) >= 11 is 0. The molecule has 0 unspecified atom stereocenters. The molecule has 27 heavy (non-hydrogen) atoms. The van der Waals surface area contributed by atoms with Crippen LogP contribution < -0.4 is 11.1 Å². The van der Waals surface area contributed by atoms with Gasteiger partial charge in [-0.15, -0.1) is 0 Å². The molecule has 0 aromatic carbocycles. The number of rotatable bonds is 6. The SMILES string of the molecule is CC(=O)c1cc(NCC(F)(F)F)c(C(N)=C(C=N)N2C=C(C)C=CC2)cn1. The number of carbonyl (C=O) groups is 1. The number of allylic oxidation sites excluding steroid dienone is 3. The van der Waals surface area contributed by atoms with Crippen molar-refractivity contribution in [2.45, 2.75) is 20.0 Å². The molecular formula is C18H20F3N5O. The van der Waals surface area contributed by atoms with Crippen molar-refractivity contribution in [3.8, 4) is 0 Å². The van der Waals surface area contributed by atoms with Gasteiger partial charge >= 0.3 is 6.18 Å². The van der Waals surface area contributed by atoms with Gasteiger partial charge in [-0.1, -0.05) is 12.2 Å². The van der Waals surface area contributed by atoms with E-state index in [1.807, 2.05) is 19.1 Å². The Kier molecular flexibility index (Phi) is 6.04. The number of carbonyl (C=O) groups excluding carboxylic acids is 1. The minimum Gasteiger partial charge on any atom is -0.396 e. The summed E-state index contributed by atoms with van der Waals surface area (Å²) in [6.07, 6.45) is 3.40. The lowest BCUT2D eigenvalue weighted by Crippen LogP contribution is -2.25. The lowest BCUT2D eigenvalue weighted by molar-refractivity contribution is -0.115. The molecule has 0 saturated heterocycles. The number of nitrogens with zero attached hydrogens (tertiary/aromatic N) is 2. The van der Waals surface area contributed by atoms with Crippen LogP contribution in [0.1, 0.15) is 29.9 Å². The number of nitrogens with two attached hydrogens (primary N) is 1. The van der Waals surface area contributed by atoms with Crippen LogP contribution in [0, 0.1) is 5.41 Å². The summed E-state index contributed by atoms with van der Waals surface area (Å²) < 4.78 is 37.9. The normalized spacial score (nSPS) is 15.1. The van der Waals surface area contributed by atoms with Crippen molar-refractivity contribution in [2.75, 3.05) is 18.4 Å². The fourth-order valence-corrected chi connectivity index (χ4v) is 2.52. The second-order valence-electron chi connectivity index (χ2n) is 6.01. The first kappa shape index (κ1) is 20.2. The van der Waals surface area contributed by atoms with Crippen molar-refractivity contribution < 1.29 is 18.0 Å². The van der Waals surface area contributed by atoms with E-state index in [9.17, 15) is 18.0 Å². The van der Waals surface area contributed by atoms with Crippen molar-refractivity contribution in [3.63, 3.8) is 0 Å². The molecule has 2 heterocycles. The second kappa shape index (κ2) is 8.07. The van der Waals surface area contributed by atoms with E-state index in [-0.39, 0.29) is 28.4 Å². The average Bonchev–Trinajstić information content (AvgIpc) is 2.59. The van der Waals surface area contributed by atoms with Gasteiger partial charge in [-0.25, -0.2) is 0 Å². The first-order valence-corrected chi connectivity index (χ1v) is 8.06. The van der Waals surface area contributed by atoms with E-state index >= 15 is 0 Å². The van der Waals surface area contributed by atoms with Gasteiger partial charge in [0, 0.05) is 43.3 Å². The van der Waals surface area contributed by atoms with Gasteiger partial charge in [0.2, 0.25) is 0 Å². The molecule has 0 atom stereocenters. The van der Waals surface area contributed by atoms with E-state index in [0.717, 1.165) is 11.8 Å². The highest BCUT2D eigenvalue weighted by atomic mass is 19.4. The molecule has 4 N–H and O–H groups in total. The summed E-state index contributed by atoms with van der Waals surface area (Å²) in [4.78, 5) is 17.2.